The molecule has 0 aromatic heterocycles. The molecule has 0 heterocycles. The summed E-state index contributed by atoms with van der Waals surface area (Å²) < 4.78 is 0. The number of hydrogen-bond acceptors (Lipinski definition) is 2. The van der Waals surface area contributed by atoms with Crippen LogP contribution in [0.3, 0.4) is 0 Å². The van der Waals surface area contributed by atoms with E-state index < -0.39 is 0 Å². The Labute approximate surface area is 183 Å². The zero-order chi connectivity index (χ0) is 18.9. The lowest BCUT2D eigenvalue weighted by atomic mass is 10.2. The van der Waals surface area contributed by atoms with E-state index in [1.165, 1.54) is 5.56 Å². The van der Waals surface area contributed by atoms with E-state index in [-0.39, 0.29) is 29.9 Å². The molecule has 0 aliphatic rings. The number of rotatable bonds is 6. The fraction of sp³-hybridized carbons (Fsp3) is 0.300. The number of halogens is 2. The quantitative estimate of drug-likeness (QED) is 0.353. The van der Waals surface area contributed by atoms with Gasteiger partial charge in [0.15, 0.2) is 5.96 Å². The van der Waals surface area contributed by atoms with E-state index in [1.807, 2.05) is 49.2 Å². The molecule has 0 radical (unpaired) electrons. The Balaban J connectivity index is 0.00000364. The number of aliphatic imine (C=N–C) groups is 1. The van der Waals surface area contributed by atoms with Gasteiger partial charge in [-0.3, -0.25) is 9.79 Å². The van der Waals surface area contributed by atoms with Crippen molar-refractivity contribution in [1.82, 2.24) is 10.2 Å². The summed E-state index contributed by atoms with van der Waals surface area (Å²) in [4.78, 5) is 18.5. The molecule has 0 unspecified atom stereocenters. The van der Waals surface area contributed by atoms with E-state index in [0.29, 0.717) is 18.0 Å². The van der Waals surface area contributed by atoms with Gasteiger partial charge in [0.25, 0.3) is 0 Å². The summed E-state index contributed by atoms with van der Waals surface area (Å²) in [5.74, 6) is 0.685. The van der Waals surface area contributed by atoms with Crippen LogP contribution in [0.2, 0.25) is 5.02 Å². The summed E-state index contributed by atoms with van der Waals surface area (Å²) in [6.07, 6.45) is 0.337. The fourth-order valence-corrected chi connectivity index (χ4v) is 2.73. The number of benzene rings is 2. The molecule has 0 fully saturated rings. The van der Waals surface area contributed by atoms with Crippen molar-refractivity contribution in [2.24, 2.45) is 4.99 Å². The number of nitrogens with one attached hydrogen (secondary N) is 2. The normalized spacial score (nSPS) is 10.7. The molecule has 0 aliphatic heterocycles. The molecule has 0 spiro atoms. The van der Waals surface area contributed by atoms with Crippen molar-refractivity contribution in [3.8, 4) is 0 Å². The Hall–Kier alpha value is -1.80. The first-order valence-electron chi connectivity index (χ1n) is 8.52. The first kappa shape index (κ1) is 23.2. The summed E-state index contributed by atoms with van der Waals surface area (Å²) in [5, 5.41) is 6.76. The second-order valence-corrected chi connectivity index (χ2v) is 6.43. The standard InChI is InChI=1S/C20H25ClN4O.HI/c1-15-17(21)10-7-11-18(15)24-19(26)12-13-23-20(22-2)25(3)14-16-8-5-4-6-9-16;/h4-11H,12-14H2,1-3H3,(H,22,23)(H,24,26);1H. The van der Waals surface area contributed by atoms with Crippen LogP contribution in [0.4, 0.5) is 5.69 Å². The molecule has 7 heteroatoms. The van der Waals surface area contributed by atoms with Gasteiger partial charge >= 0.3 is 0 Å². The van der Waals surface area contributed by atoms with Crippen molar-refractivity contribution in [1.29, 1.82) is 0 Å². The molecule has 2 rings (SSSR count). The van der Waals surface area contributed by atoms with Crippen LogP contribution < -0.4 is 10.6 Å². The van der Waals surface area contributed by atoms with Crippen molar-refractivity contribution in [2.75, 3.05) is 26.0 Å². The number of carbonyl (C=O) groups is 1. The maximum absolute atomic E-state index is 12.2. The van der Waals surface area contributed by atoms with Crippen molar-refractivity contribution < 1.29 is 4.79 Å². The van der Waals surface area contributed by atoms with Gasteiger partial charge in [-0.1, -0.05) is 48.0 Å². The monoisotopic (exact) mass is 500 g/mol. The molecule has 2 N–H and O–H groups in total. The highest BCUT2D eigenvalue weighted by Crippen LogP contribution is 2.22. The maximum Gasteiger partial charge on any atom is 0.226 e. The number of carbonyl (C=O) groups excluding carboxylic acids is 1. The average molecular weight is 501 g/mol. The Morgan fingerprint density at radius 1 is 1.15 bits per heavy atom. The Morgan fingerprint density at radius 2 is 1.85 bits per heavy atom. The van der Waals surface area contributed by atoms with Gasteiger partial charge in [0.05, 0.1) is 0 Å². The number of nitrogens with zero attached hydrogens (tertiary/aromatic N) is 2. The first-order valence-corrected chi connectivity index (χ1v) is 8.89. The second-order valence-electron chi connectivity index (χ2n) is 6.03. The van der Waals surface area contributed by atoms with Crippen LogP contribution in [0.5, 0.6) is 0 Å². The molecule has 0 atom stereocenters. The van der Waals surface area contributed by atoms with Crippen molar-refractivity contribution in [2.45, 2.75) is 19.9 Å². The molecule has 27 heavy (non-hydrogen) atoms. The SMILES string of the molecule is CN=C(NCCC(=O)Nc1cccc(Cl)c1C)N(C)Cc1ccccc1.I. The highest BCUT2D eigenvalue weighted by atomic mass is 127. The minimum Gasteiger partial charge on any atom is -0.356 e. The highest BCUT2D eigenvalue weighted by Gasteiger charge is 2.09. The van der Waals surface area contributed by atoms with E-state index in [1.54, 1.807) is 13.1 Å². The topological polar surface area (TPSA) is 56.7 Å². The summed E-state index contributed by atoms with van der Waals surface area (Å²) in [5.41, 5.74) is 2.81. The van der Waals surface area contributed by atoms with E-state index in [4.69, 9.17) is 11.6 Å². The van der Waals surface area contributed by atoms with Crippen LogP contribution in [0.25, 0.3) is 0 Å². The summed E-state index contributed by atoms with van der Waals surface area (Å²) >= 11 is 6.08. The average Bonchev–Trinajstić information content (AvgIpc) is 2.63. The molecule has 2 aromatic carbocycles. The predicted molar refractivity (Wildman–Crippen MR) is 124 cm³/mol. The molecule has 2 aromatic rings. The minimum atomic E-state index is -0.0657. The zero-order valence-corrected chi connectivity index (χ0v) is 18.9. The van der Waals surface area contributed by atoms with Gasteiger partial charge in [-0.15, -0.1) is 24.0 Å². The molecule has 0 bridgehead atoms. The van der Waals surface area contributed by atoms with Gasteiger partial charge in [0.2, 0.25) is 5.91 Å². The summed E-state index contributed by atoms with van der Waals surface area (Å²) in [6, 6.07) is 15.7. The van der Waals surface area contributed by atoms with Crippen LogP contribution in [0, 0.1) is 6.92 Å². The van der Waals surface area contributed by atoms with E-state index in [0.717, 1.165) is 23.8 Å². The Kier molecular flexibility index (Phi) is 10.2. The van der Waals surface area contributed by atoms with Crippen LogP contribution in [-0.4, -0.2) is 37.4 Å². The van der Waals surface area contributed by atoms with Crippen LogP contribution in [0.15, 0.2) is 53.5 Å². The third-order valence-electron chi connectivity index (χ3n) is 4.01. The van der Waals surface area contributed by atoms with Crippen molar-refractivity contribution >= 4 is 53.1 Å². The number of hydrogen-bond donors (Lipinski definition) is 2. The van der Waals surface area contributed by atoms with Gasteiger partial charge < -0.3 is 15.5 Å². The lowest BCUT2D eigenvalue weighted by Gasteiger charge is -2.22. The fourth-order valence-electron chi connectivity index (χ4n) is 2.56. The number of anilines is 1. The molecule has 0 saturated carbocycles. The molecular formula is C20H26ClIN4O. The largest absolute Gasteiger partial charge is 0.356 e. The molecule has 5 nitrogen and oxygen atoms in total. The van der Waals surface area contributed by atoms with Crippen LogP contribution in [0.1, 0.15) is 17.5 Å². The molecule has 146 valence electrons. The van der Waals surface area contributed by atoms with Gasteiger partial charge in [-0.05, 0) is 30.2 Å². The lowest BCUT2D eigenvalue weighted by molar-refractivity contribution is -0.116. The zero-order valence-electron chi connectivity index (χ0n) is 15.8. The smallest absolute Gasteiger partial charge is 0.226 e. The maximum atomic E-state index is 12.2. The van der Waals surface area contributed by atoms with Gasteiger partial charge in [0.1, 0.15) is 0 Å². The third kappa shape index (κ3) is 7.38. The first-order chi connectivity index (χ1) is 12.5. The molecule has 0 aliphatic carbocycles. The second kappa shape index (κ2) is 11.8. The van der Waals surface area contributed by atoms with Crippen molar-refractivity contribution in [3.05, 3.63) is 64.7 Å². The van der Waals surface area contributed by atoms with Gasteiger partial charge in [-0.25, -0.2) is 0 Å². The van der Waals surface area contributed by atoms with Crippen LogP contribution >= 0.6 is 35.6 Å². The van der Waals surface area contributed by atoms with E-state index >= 15 is 0 Å². The van der Waals surface area contributed by atoms with E-state index in [9.17, 15) is 4.79 Å². The van der Waals surface area contributed by atoms with E-state index in [2.05, 4.69) is 27.8 Å². The minimum absolute atomic E-state index is 0. The molecular weight excluding hydrogens is 475 g/mol. The summed E-state index contributed by atoms with van der Waals surface area (Å²) in [7, 11) is 3.71. The number of guanidine groups is 1. The predicted octanol–water partition coefficient (Wildman–Crippen LogP) is 4.30. The van der Waals surface area contributed by atoms with Crippen LogP contribution in [-0.2, 0) is 11.3 Å². The lowest BCUT2D eigenvalue weighted by Crippen LogP contribution is -2.39. The molecule has 0 saturated heterocycles. The Bertz CT molecular complexity index is 768. The third-order valence-corrected chi connectivity index (χ3v) is 4.42. The van der Waals surface area contributed by atoms with Crippen molar-refractivity contribution in [3.63, 3.8) is 0 Å². The number of amides is 1. The van der Waals surface area contributed by atoms with Gasteiger partial charge in [0, 0.05) is 44.3 Å². The Morgan fingerprint density at radius 3 is 2.52 bits per heavy atom. The summed E-state index contributed by atoms with van der Waals surface area (Å²) in [6.45, 7) is 3.13. The van der Waals surface area contributed by atoms with Gasteiger partial charge in [-0.2, -0.15) is 0 Å². The molecule has 1 amide bonds. The highest BCUT2D eigenvalue weighted by molar-refractivity contribution is 14.0.